The Balaban J connectivity index is 2.36. The highest BCUT2D eigenvalue weighted by atomic mass is 16.6. The van der Waals surface area contributed by atoms with Crippen LogP contribution in [0.25, 0.3) is 0 Å². The summed E-state index contributed by atoms with van der Waals surface area (Å²) in [5.41, 5.74) is 1.84. The monoisotopic (exact) mass is 334 g/mol. The van der Waals surface area contributed by atoms with Crippen molar-refractivity contribution in [3.05, 3.63) is 35.4 Å². The molecule has 24 heavy (non-hydrogen) atoms. The SMILES string of the molecule is CCc1ccc(C(=O)OC(CCCCCCC(C)C)COC)cc1. The van der Waals surface area contributed by atoms with Gasteiger partial charge in [0.05, 0.1) is 12.2 Å². The minimum absolute atomic E-state index is 0.154. The van der Waals surface area contributed by atoms with Crippen molar-refractivity contribution in [2.45, 2.75) is 71.8 Å². The van der Waals surface area contributed by atoms with Crippen molar-refractivity contribution in [3.63, 3.8) is 0 Å². The number of ether oxygens (including phenoxy) is 2. The first kappa shape index (κ1) is 20.7. The smallest absolute Gasteiger partial charge is 0.338 e. The van der Waals surface area contributed by atoms with E-state index in [2.05, 4.69) is 20.8 Å². The maximum atomic E-state index is 12.3. The summed E-state index contributed by atoms with van der Waals surface area (Å²) in [5.74, 6) is 0.533. The van der Waals surface area contributed by atoms with Gasteiger partial charge in [-0.25, -0.2) is 4.79 Å². The molecular formula is C21H34O3. The molecule has 0 aliphatic heterocycles. The molecule has 0 radical (unpaired) electrons. The highest BCUT2D eigenvalue weighted by Gasteiger charge is 2.15. The quantitative estimate of drug-likeness (QED) is 0.378. The number of carbonyl (C=O) groups excluding carboxylic acids is 1. The third-order valence-electron chi connectivity index (χ3n) is 4.28. The van der Waals surface area contributed by atoms with Gasteiger partial charge in [0, 0.05) is 7.11 Å². The molecule has 1 atom stereocenters. The van der Waals surface area contributed by atoms with Crippen LogP contribution < -0.4 is 0 Å². The second kappa shape index (κ2) is 12.1. The number of carbonyl (C=O) groups is 1. The molecule has 3 heteroatoms. The summed E-state index contributed by atoms with van der Waals surface area (Å²) in [7, 11) is 1.65. The molecule has 0 heterocycles. The van der Waals surface area contributed by atoms with Crippen LogP contribution in [0.2, 0.25) is 0 Å². The van der Waals surface area contributed by atoms with E-state index in [-0.39, 0.29) is 12.1 Å². The predicted octanol–water partition coefficient (Wildman–Crippen LogP) is 5.42. The number of unbranched alkanes of at least 4 members (excludes halogenated alkanes) is 3. The van der Waals surface area contributed by atoms with E-state index < -0.39 is 0 Å². The molecule has 1 aromatic carbocycles. The van der Waals surface area contributed by atoms with E-state index in [1.54, 1.807) is 7.11 Å². The Kier molecular flexibility index (Phi) is 10.4. The molecule has 0 fully saturated rings. The van der Waals surface area contributed by atoms with Crippen LogP contribution >= 0.6 is 0 Å². The molecule has 0 N–H and O–H groups in total. The molecule has 0 saturated carbocycles. The Hall–Kier alpha value is -1.35. The van der Waals surface area contributed by atoms with Crippen molar-refractivity contribution >= 4 is 5.97 Å². The Morgan fingerprint density at radius 2 is 1.62 bits per heavy atom. The van der Waals surface area contributed by atoms with Crippen molar-refractivity contribution in [2.24, 2.45) is 5.92 Å². The number of hydrogen-bond donors (Lipinski definition) is 0. The van der Waals surface area contributed by atoms with Crippen LogP contribution in [0.3, 0.4) is 0 Å². The van der Waals surface area contributed by atoms with E-state index in [1.807, 2.05) is 24.3 Å². The maximum Gasteiger partial charge on any atom is 0.338 e. The molecular weight excluding hydrogens is 300 g/mol. The topological polar surface area (TPSA) is 35.5 Å². The second-order valence-corrected chi connectivity index (χ2v) is 6.92. The molecule has 1 unspecified atom stereocenters. The number of hydrogen-bond acceptors (Lipinski definition) is 3. The summed E-state index contributed by atoms with van der Waals surface area (Å²) < 4.78 is 10.8. The van der Waals surface area contributed by atoms with Crippen LogP contribution in [0.15, 0.2) is 24.3 Å². The number of methoxy groups -OCH3 is 1. The minimum Gasteiger partial charge on any atom is -0.456 e. The van der Waals surface area contributed by atoms with E-state index in [0.717, 1.165) is 25.2 Å². The zero-order chi connectivity index (χ0) is 17.8. The lowest BCUT2D eigenvalue weighted by Gasteiger charge is -2.17. The van der Waals surface area contributed by atoms with Gasteiger partial charge < -0.3 is 9.47 Å². The Bertz CT molecular complexity index is 451. The number of benzene rings is 1. The molecule has 0 aliphatic carbocycles. The molecule has 0 spiro atoms. The highest BCUT2D eigenvalue weighted by molar-refractivity contribution is 5.89. The van der Waals surface area contributed by atoms with Crippen LogP contribution in [0.1, 0.15) is 75.2 Å². The normalized spacial score (nSPS) is 12.4. The zero-order valence-electron chi connectivity index (χ0n) is 15.8. The lowest BCUT2D eigenvalue weighted by Crippen LogP contribution is -2.23. The summed E-state index contributed by atoms with van der Waals surface area (Å²) in [6.07, 6.45) is 7.79. The van der Waals surface area contributed by atoms with E-state index in [9.17, 15) is 4.79 Å². The Morgan fingerprint density at radius 1 is 1.00 bits per heavy atom. The van der Waals surface area contributed by atoms with Crippen molar-refractivity contribution in [2.75, 3.05) is 13.7 Å². The van der Waals surface area contributed by atoms with Gasteiger partial charge in [0.1, 0.15) is 6.10 Å². The summed E-state index contributed by atoms with van der Waals surface area (Å²) in [6, 6.07) is 7.65. The third kappa shape index (κ3) is 8.49. The number of aryl methyl sites for hydroxylation is 1. The van der Waals surface area contributed by atoms with Gasteiger partial charge in [0.15, 0.2) is 0 Å². The van der Waals surface area contributed by atoms with Gasteiger partial charge in [-0.2, -0.15) is 0 Å². The highest BCUT2D eigenvalue weighted by Crippen LogP contribution is 2.14. The Labute approximate surface area is 147 Å². The van der Waals surface area contributed by atoms with Gasteiger partial charge in [0.2, 0.25) is 0 Å². The first-order valence-electron chi connectivity index (χ1n) is 9.35. The van der Waals surface area contributed by atoms with Crippen LogP contribution in [0.4, 0.5) is 0 Å². The molecule has 0 aromatic heterocycles. The molecule has 1 rings (SSSR count). The number of rotatable bonds is 12. The first-order valence-corrected chi connectivity index (χ1v) is 9.35. The van der Waals surface area contributed by atoms with Crippen LogP contribution in [-0.4, -0.2) is 25.8 Å². The van der Waals surface area contributed by atoms with E-state index in [1.165, 1.54) is 31.2 Å². The predicted molar refractivity (Wildman–Crippen MR) is 99.4 cm³/mol. The van der Waals surface area contributed by atoms with Crippen molar-refractivity contribution in [1.29, 1.82) is 0 Å². The lowest BCUT2D eigenvalue weighted by atomic mass is 10.0. The number of esters is 1. The summed E-state index contributed by atoms with van der Waals surface area (Å²) in [4.78, 5) is 12.3. The molecule has 0 bridgehead atoms. The van der Waals surface area contributed by atoms with E-state index in [0.29, 0.717) is 12.2 Å². The van der Waals surface area contributed by atoms with E-state index >= 15 is 0 Å². The largest absolute Gasteiger partial charge is 0.456 e. The standard InChI is InChI=1S/C21H34O3/c1-5-18-12-14-19(15-13-18)21(22)24-20(16-23-4)11-9-7-6-8-10-17(2)3/h12-15,17,20H,5-11,16H2,1-4H3. The molecule has 0 aliphatic rings. The fourth-order valence-electron chi connectivity index (χ4n) is 2.74. The maximum absolute atomic E-state index is 12.3. The minimum atomic E-state index is -0.250. The average molecular weight is 334 g/mol. The molecule has 1 aromatic rings. The van der Waals surface area contributed by atoms with Crippen LogP contribution in [0.5, 0.6) is 0 Å². The Morgan fingerprint density at radius 3 is 2.17 bits per heavy atom. The molecule has 0 amide bonds. The summed E-state index contributed by atoms with van der Waals surface area (Å²) >= 11 is 0. The van der Waals surface area contributed by atoms with E-state index in [4.69, 9.17) is 9.47 Å². The molecule has 3 nitrogen and oxygen atoms in total. The first-order chi connectivity index (χ1) is 11.6. The van der Waals surface area contributed by atoms with Crippen LogP contribution in [0, 0.1) is 5.92 Å². The van der Waals surface area contributed by atoms with Gasteiger partial charge in [-0.05, 0) is 42.9 Å². The van der Waals surface area contributed by atoms with Gasteiger partial charge in [-0.15, -0.1) is 0 Å². The van der Waals surface area contributed by atoms with Crippen molar-refractivity contribution < 1.29 is 14.3 Å². The second-order valence-electron chi connectivity index (χ2n) is 6.92. The third-order valence-corrected chi connectivity index (χ3v) is 4.28. The fourth-order valence-corrected chi connectivity index (χ4v) is 2.74. The van der Waals surface area contributed by atoms with Gasteiger partial charge in [-0.3, -0.25) is 0 Å². The average Bonchev–Trinajstić information content (AvgIpc) is 2.57. The molecule has 0 saturated heterocycles. The van der Waals surface area contributed by atoms with Crippen molar-refractivity contribution in [3.8, 4) is 0 Å². The van der Waals surface area contributed by atoms with Gasteiger partial charge >= 0.3 is 5.97 Å². The van der Waals surface area contributed by atoms with Gasteiger partial charge in [0.25, 0.3) is 0 Å². The fraction of sp³-hybridized carbons (Fsp3) is 0.667. The zero-order valence-corrected chi connectivity index (χ0v) is 15.8. The molecule has 136 valence electrons. The van der Waals surface area contributed by atoms with Crippen LogP contribution in [-0.2, 0) is 15.9 Å². The van der Waals surface area contributed by atoms with Crippen molar-refractivity contribution in [1.82, 2.24) is 0 Å². The summed E-state index contributed by atoms with van der Waals surface area (Å²) in [6.45, 7) is 7.09. The lowest BCUT2D eigenvalue weighted by molar-refractivity contribution is 0.00237. The summed E-state index contributed by atoms with van der Waals surface area (Å²) in [5, 5.41) is 0. The van der Waals surface area contributed by atoms with Gasteiger partial charge in [-0.1, -0.05) is 58.6 Å².